The van der Waals surface area contributed by atoms with Crippen molar-refractivity contribution in [1.82, 2.24) is 5.32 Å². The van der Waals surface area contributed by atoms with Gasteiger partial charge in [-0.2, -0.15) is 0 Å². The number of fused-ring (bicyclic) bond motifs is 2. The van der Waals surface area contributed by atoms with Gasteiger partial charge in [0.25, 0.3) is 5.91 Å². The molecule has 0 unspecified atom stereocenters. The number of anilines is 1. The highest BCUT2D eigenvalue weighted by Gasteiger charge is 2.35. The molecule has 1 amide bonds. The van der Waals surface area contributed by atoms with Gasteiger partial charge in [0.15, 0.2) is 17.6 Å². The Labute approximate surface area is 169 Å². The summed E-state index contributed by atoms with van der Waals surface area (Å²) in [4.78, 5) is 12.7. The molecule has 2 aromatic rings. The molecule has 29 heavy (non-hydrogen) atoms. The fraction of sp³-hybridized carbons (Fsp3) is 0.350. The number of hydrogen-bond donors (Lipinski definition) is 1. The van der Waals surface area contributed by atoms with E-state index in [0.29, 0.717) is 29.5 Å². The molecular formula is C20H22N2O6S. The Morgan fingerprint density at radius 2 is 1.90 bits per heavy atom. The van der Waals surface area contributed by atoms with Gasteiger partial charge in [-0.15, -0.1) is 0 Å². The molecule has 0 spiro atoms. The number of carbonyl (C=O) groups is 1. The lowest BCUT2D eigenvalue weighted by atomic mass is 10.1. The number of ether oxygens (including phenoxy) is 3. The third kappa shape index (κ3) is 4.09. The normalized spacial score (nSPS) is 20.4. The average molecular weight is 418 g/mol. The lowest BCUT2D eigenvalue weighted by Gasteiger charge is -2.34. The first-order chi connectivity index (χ1) is 13.8. The van der Waals surface area contributed by atoms with Crippen LogP contribution in [-0.4, -0.2) is 52.5 Å². The van der Waals surface area contributed by atoms with Crippen molar-refractivity contribution in [3.8, 4) is 17.2 Å². The number of benzene rings is 2. The maximum absolute atomic E-state index is 12.7. The van der Waals surface area contributed by atoms with Crippen LogP contribution in [0.4, 0.5) is 5.69 Å². The van der Waals surface area contributed by atoms with Crippen LogP contribution in [0.5, 0.6) is 17.2 Å². The van der Waals surface area contributed by atoms with E-state index in [0.717, 1.165) is 11.8 Å². The van der Waals surface area contributed by atoms with Gasteiger partial charge in [0.05, 0.1) is 25.0 Å². The molecule has 9 heteroatoms. The Morgan fingerprint density at radius 3 is 2.66 bits per heavy atom. The Hall–Kier alpha value is -2.94. The second kappa shape index (κ2) is 7.47. The molecule has 0 saturated carbocycles. The van der Waals surface area contributed by atoms with Crippen molar-refractivity contribution in [2.45, 2.75) is 19.1 Å². The van der Waals surface area contributed by atoms with Crippen molar-refractivity contribution >= 4 is 21.6 Å². The second-order valence-electron chi connectivity index (χ2n) is 7.11. The Balaban J connectivity index is 1.43. The number of amides is 1. The van der Waals surface area contributed by atoms with Crippen LogP contribution in [0.15, 0.2) is 42.5 Å². The summed E-state index contributed by atoms with van der Waals surface area (Å²) < 4.78 is 43.0. The predicted molar refractivity (Wildman–Crippen MR) is 107 cm³/mol. The smallest absolute Gasteiger partial charge is 0.263 e. The van der Waals surface area contributed by atoms with Gasteiger partial charge >= 0.3 is 0 Å². The number of hydrogen-bond acceptors (Lipinski definition) is 6. The summed E-state index contributed by atoms with van der Waals surface area (Å²) in [5.74, 6) is 1.24. The number of nitrogens with one attached hydrogen (secondary N) is 1. The number of rotatable bonds is 4. The quantitative estimate of drug-likeness (QED) is 0.808. The molecule has 2 atom stereocenters. The Morgan fingerprint density at radius 1 is 1.14 bits per heavy atom. The molecule has 2 heterocycles. The topological polar surface area (TPSA) is 94.2 Å². The van der Waals surface area contributed by atoms with E-state index in [-0.39, 0.29) is 19.2 Å². The molecule has 0 aromatic heterocycles. The van der Waals surface area contributed by atoms with E-state index in [1.54, 1.807) is 18.2 Å². The summed E-state index contributed by atoms with van der Waals surface area (Å²) >= 11 is 0. The minimum atomic E-state index is -3.56. The van der Waals surface area contributed by atoms with Crippen LogP contribution in [0, 0.1) is 6.92 Å². The van der Waals surface area contributed by atoms with E-state index in [4.69, 9.17) is 14.2 Å². The molecule has 1 N–H and O–H groups in total. The van der Waals surface area contributed by atoms with Crippen molar-refractivity contribution in [3.63, 3.8) is 0 Å². The fourth-order valence-electron chi connectivity index (χ4n) is 3.30. The number of nitrogens with zero attached hydrogens (tertiary/aromatic N) is 1. The van der Waals surface area contributed by atoms with Gasteiger partial charge in [-0.3, -0.25) is 9.10 Å². The van der Waals surface area contributed by atoms with Gasteiger partial charge in [0.2, 0.25) is 10.0 Å². The summed E-state index contributed by atoms with van der Waals surface area (Å²) in [5, 5.41) is 2.78. The lowest BCUT2D eigenvalue weighted by Crippen LogP contribution is -2.52. The summed E-state index contributed by atoms with van der Waals surface area (Å²) in [6.07, 6.45) is -0.195. The van der Waals surface area contributed by atoms with Crippen LogP contribution in [0.2, 0.25) is 0 Å². The first-order valence-corrected chi connectivity index (χ1v) is 11.1. The van der Waals surface area contributed by atoms with Crippen molar-refractivity contribution < 1.29 is 27.4 Å². The zero-order valence-electron chi connectivity index (χ0n) is 16.1. The maximum atomic E-state index is 12.7. The first kappa shape index (κ1) is 19.4. The monoisotopic (exact) mass is 418 g/mol. The molecule has 0 fully saturated rings. The molecule has 0 saturated heterocycles. The third-order valence-corrected chi connectivity index (χ3v) is 5.89. The Kier molecular flexibility index (Phi) is 4.99. The van der Waals surface area contributed by atoms with Gasteiger partial charge in [0, 0.05) is 0 Å². The molecule has 4 rings (SSSR count). The molecule has 0 radical (unpaired) electrons. The summed E-state index contributed by atoms with van der Waals surface area (Å²) in [6.45, 7) is 2.29. The number of aryl methyl sites for hydroxylation is 1. The van der Waals surface area contributed by atoms with Crippen molar-refractivity contribution in [3.05, 3.63) is 48.0 Å². The SMILES string of the molecule is Cc1ccc2c(c1)N(S(C)(=O)=O)C[C@H](C(=O)NC[C@H]1COc3ccccc3O1)O2. The number of carbonyl (C=O) groups excluding carboxylic acids is 1. The van der Waals surface area contributed by atoms with Crippen molar-refractivity contribution in [2.24, 2.45) is 0 Å². The minimum Gasteiger partial charge on any atom is -0.486 e. The largest absolute Gasteiger partial charge is 0.486 e. The Bertz CT molecular complexity index is 1040. The van der Waals surface area contributed by atoms with E-state index in [1.165, 1.54) is 4.31 Å². The predicted octanol–water partition coefficient (Wildman–Crippen LogP) is 1.48. The highest BCUT2D eigenvalue weighted by atomic mass is 32.2. The minimum absolute atomic E-state index is 0.0913. The molecule has 0 aliphatic carbocycles. The van der Waals surface area contributed by atoms with Gasteiger partial charge in [-0.1, -0.05) is 18.2 Å². The summed E-state index contributed by atoms with van der Waals surface area (Å²) in [6, 6.07) is 12.5. The fourth-order valence-corrected chi connectivity index (χ4v) is 4.21. The molecule has 2 aliphatic heterocycles. The third-order valence-electron chi connectivity index (χ3n) is 4.75. The zero-order chi connectivity index (χ0) is 20.6. The van der Waals surface area contributed by atoms with Crippen LogP contribution < -0.4 is 23.8 Å². The lowest BCUT2D eigenvalue weighted by molar-refractivity contribution is -0.128. The molecule has 2 aromatic carbocycles. The van der Waals surface area contributed by atoms with Crippen LogP contribution >= 0.6 is 0 Å². The number of sulfonamides is 1. The standard InChI is InChI=1S/C20H22N2O6S/c1-13-7-8-16-15(9-13)22(29(2,24)25)11-19(28-16)20(23)21-10-14-12-26-17-5-3-4-6-18(17)27-14/h3-9,14,19H,10-12H2,1-2H3,(H,21,23)/t14-,19+/m0/s1. The zero-order valence-corrected chi connectivity index (χ0v) is 16.9. The van der Waals surface area contributed by atoms with Gasteiger partial charge in [0.1, 0.15) is 18.5 Å². The van der Waals surface area contributed by atoms with Crippen LogP contribution in [0.1, 0.15) is 5.56 Å². The second-order valence-corrected chi connectivity index (χ2v) is 9.02. The van der Waals surface area contributed by atoms with Gasteiger partial charge in [-0.05, 0) is 36.8 Å². The van der Waals surface area contributed by atoms with E-state index in [1.807, 2.05) is 31.2 Å². The summed E-state index contributed by atoms with van der Waals surface area (Å²) in [7, 11) is -3.56. The van der Waals surface area contributed by atoms with E-state index < -0.39 is 22.0 Å². The van der Waals surface area contributed by atoms with Crippen LogP contribution in [-0.2, 0) is 14.8 Å². The molecule has 2 aliphatic rings. The maximum Gasteiger partial charge on any atom is 0.263 e. The van der Waals surface area contributed by atoms with E-state index in [2.05, 4.69) is 5.32 Å². The van der Waals surface area contributed by atoms with Gasteiger partial charge < -0.3 is 19.5 Å². The van der Waals surface area contributed by atoms with Gasteiger partial charge in [-0.25, -0.2) is 8.42 Å². The van der Waals surface area contributed by atoms with Crippen LogP contribution in [0.25, 0.3) is 0 Å². The van der Waals surface area contributed by atoms with Crippen LogP contribution in [0.3, 0.4) is 0 Å². The number of para-hydroxylation sites is 2. The highest BCUT2D eigenvalue weighted by Crippen LogP contribution is 2.36. The van der Waals surface area contributed by atoms with Crippen molar-refractivity contribution in [2.75, 3.05) is 30.3 Å². The molecule has 154 valence electrons. The van der Waals surface area contributed by atoms with E-state index in [9.17, 15) is 13.2 Å². The first-order valence-electron chi connectivity index (χ1n) is 9.22. The molecule has 0 bridgehead atoms. The molecule has 8 nitrogen and oxygen atoms in total. The summed E-state index contributed by atoms with van der Waals surface area (Å²) in [5.41, 5.74) is 1.34. The highest BCUT2D eigenvalue weighted by molar-refractivity contribution is 7.92. The average Bonchev–Trinajstić information content (AvgIpc) is 2.70. The van der Waals surface area contributed by atoms with Crippen molar-refractivity contribution in [1.29, 1.82) is 0 Å². The molecular weight excluding hydrogens is 396 g/mol. The van der Waals surface area contributed by atoms with E-state index >= 15 is 0 Å².